The molecule has 0 aliphatic carbocycles. The van der Waals surface area contributed by atoms with Crippen molar-refractivity contribution >= 4 is 11.8 Å². The van der Waals surface area contributed by atoms with Crippen LogP contribution in [0.5, 0.6) is 0 Å². The summed E-state index contributed by atoms with van der Waals surface area (Å²) in [6, 6.07) is -0.364. The average molecular weight is 285 g/mol. The Morgan fingerprint density at radius 2 is 2.10 bits per heavy atom. The van der Waals surface area contributed by atoms with Crippen molar-refractivity contribution in [2.24, 2.45) is 0 Å². The predicted molar refractivity (Wildman–Crippen MR) is 77.4 cm³/mol. The van der Waals surface area contributed by atoms with E-state index in [9.17, 15) is 9.59 Å². The van der Waals surface area contributed by atoms with E-state index >= 15 is 0 Å². The molecule has 1 saturated heterocycles. The first-order chi connectivity index (χ1) is 9.54. The molecule has 1 N–H and O–H groups in total. The fraction of sp³-hybridized carbons (Fsp3) is 0.857. The second kappa shape index (κ2) is 8.92. The maximum Gasteiger partial charge on any atom is 0.245 e. The Morgan fingerprint density at radius 3 is 2.75 bits per heavy atom. The number of hydrogen-bond acceptors (Lipinski definition) is 4. The summed E-state index contributed by atoms with van der Waals surface area (Å²) in [7, 11) is 3.99. The molecule has 1 atom stereocenters. The van der Waals surface area contributed by atoms with E-state index in [4.69, 9.17) is 4.74 Å². The summed E-state index contributed by atoms with van der Waals surface area (Å²) in [6.07, 6.45) is 1.95. The highest BCUT2D eigenvalue weighted by Gasteiger charge is 2.28. The standard InChI is InChI=1S/C14H27N3O3/c1-4-5-12-14(19)17(7-6-13(18)15-12)9-11-20-10-8-16(2)3/h12H,4-11H2,1-3H3,(H,15,18). The first kappa shape index (κ1) is 16.9. The number of amides is 2. The van der Waals surface area contributed by atoms with Crippen LogP contribution in [-0.4, -0.2) is 74.6 Å². The van der Waals surface area contributed by atoms with Crippen LogP contribution >= 0.6 is 0 Å². The highest BCUT2D eigenvalue weighted by atomic mass is 16.5. The molecule has 0 aromatic heterocycles. The zero-order chi connectivity index (χ0) is 15.0. The number of hydrogen-bond donors (Lipinski definition) is 1. The van der Waals surface area contributed by atoms with Gasteiger partial charge in [0.05, 0.1) is 13.2 Å². The number of nitrogens with one attached hydrogen (secondary N) is 1. The van der Waals surface area contributed by atoms with E-state index in [1.807, 2.05) is 21.0 Å². The third-order valence-electron chi connectivity index (χ3n) is 3.32. The summed E-state index contributed by atoms with van der Waals surface area (Å²) in [5.74, 6) is -0.0123. The van der Waals surface area contributed by atoms with Gasteiger partial charge in [-0.2, -0.15) is 0 Å². The van der Waals surface area contributed by atoms with Gasteiger partial charge in [0.1, 0.15) is 6.04 Å². The second-order valence-electron chi connectivity index (χ2n) is 5.40. The Bertz CT molecular complexity index is 321. The van der Waals surface area contributed by atoms with Crippen molar-refractivity contribution < 1.29 is 14.3 Å². The lowest BCUT2D eigenvalue weighted by molar-refractivity contribution is -0.134. The van der Waals surface area contributed by atoms with Crippen molar-refractivity contribution in [3.8, 4) is 0 Å². The van der Waals surface area contributed by atoms with Crippen LogP contribution in [0, 0.1) is 0 Å². The molecule has 0 spiro atoms. The summed E-state index contributed by atoms with van der Waals surface area (Å²) in [4.78, 5) is 27.7. The van der Waals surface area contributed by atoms with Gasteiger partial charge in [-0.15, -0.1) is 0 Å². The van der Waals surface area contributed by atoms with Gasteiger partial charge < -0.3 is 19.9 Å². The molecule has 0 aromatic rings. The quantitative estimate of drug-likeness (QED) is 0.642. The van der Waals surface area contributed by atoms with Gasteiger partial charge in [-0.25, -0.2) is 0 Å². The molecular formula is C14H27N3O3. The van der Waals surface area contributed by atoms with Crippen LogP contribution in [0.2, 0.25) is 0 Å². The van der Waals surface area contributed by atoms with Gasteiger partial charge in [-0.1, -0.05) is 13.3 Å². The molecule has 20 heavy (non-hydrogen) atoms. The molecule has 1 aliphatic rings. The average Bonchev–Trinajstić information content (AvgIpc) is 2.51. The molecule has 1 unspecified atom stereocenters. The molecular weight excluding hydrogens is 258 g/mol. The maximum atomic E-state index is 12.3. The van der Waals surface area contributed by atoms with E-state index in [-0.39, 0.29) is 17.9 Å². The minimum atomic E-state index is -0.364. The van der Waals surface area contributed by atoms with Gasteiger partial charge in [0.2, 0.25) is 11.8 Å². The van der Waals surface area contributed by atoms with Crippen molar-refractivity contribution in [2.75, 3.05) is 46.9 Å². The summed E-state index contributed by atoms with van der Waals surface area (Å²) >= 11 is 0. The molecule has 1 heterocycles. The van der Waals surface area contributed by atoms with Crippen LogP contribution in [0.25, 0.3) is 0 Å². The molecule has 6 nitrogen and oxygen atoms in total. The van der Waals surface area contributed by atoms with Gasteiger partial charge in [0.15, 0.2) is 0 Å². The summed E-state index contributed by atoms with van der Waals surface area (Å²) in [6.45, 7) is 5.10. The van der Waals surface area contributed by atoms with Crippen molar-refractivity contribution in [1.29, 1.82) is 0 Å². The lowest BCUT2D eigenvalue weighted by atomic mass is 10.1. The van der Waals surface area contributed by atoms with Gasteiger partial charge in [0, 0.05) is 26.1 Å². The third-order valence-corrected chi connectivity index (χ3v) is 3.32. The predicted octanol–water partition coefficient (Wildman–Crippen LogP) is 0.0818. The molecule has 116 valence electrons. The smallest absolute Gasteiger partial charge is 0.245 e. The van der Waals surface area contributed by atoms with E-state index in [1.165, 1.54) is 0 Å². The summed E-state index contributed by atoms with van der Waals surface area (Å²) in [5, 5.41) is 2.80. The normalized spacial score (nSPS) is 20.2. The number of carbonyl (C=O) groups excluding carboxylic acids is 2. The van der Waals surface area contributed by atoms with E-state index in [0.717, 1.165) is 13.0 Å². The van der Waals surface area contributed by atoms with E-state index in [2.05, 4.69) is 10.2 Å². The number of ether oxygens (including phenoxy) is 1. The van der Waals surface area contributed by atoms with E-state index < -0.39 is 0 Å². The minimum absolute atomic E-state index is 0.0221. The molecule has 1 fully saturated rings. The van der Waals surface area contributed by atoms with Crippen molar-refractivity contribution in [2.45, 2.75) is 32.2 Å². The third kappa shape index (κ3) is 5.88. The fourth-order valence-electron chi connectivity index (χ4n) is 2.13. The zero-order valence-electron chi connectivity index (χ0n) is 12.9. The molecule has 2 amide bonds. The lowest BCUT2D eigenvalue weighted by Gasteiger charge is -2.23. The molecule has 6 heteroatoms. The Morgan fingerprint density at radius 1 is 1.35 bits per heavy atom. The minimum Gasteiger partial charge on any atom is -0.378 e. The monoisotopic (exact) mass is 285 g/mol. The van der Waals surface area contributed by atoms with Crippen LogP contribution in [0.15, 0.2) is 0 Å². The topological polar surface area (TPSA) is 61.9 Å². The lowest BCUT2D eigenvalue weighted by Crippen LogP contribution is -2.45. The zero-order valence-corrected chi connectivity index (χ0v) is 12.9. The SMILES string of the molecule is CCCC1NC(=O)CCN(CCOCCN(C)C)C1=O. The Hall–Kier alpha value is -1.14. The summed E-state index contributed by atoms with van der Waals surface area (Å²) in [5.41, 5.74) is 0. The van der Waals surface area contributed by atoms with E-state index in [0.29, 0.717) is 39.1 Å². The van der Waals surface area contributed by atoms with Crippen LogP contribution in [0.3, 0.4) is 0 Å². The highest BCUT2D eigenvalue weighted by Crippen LogP contribution is 2.08. The highest BCUT2D eigenvalue weighted by molar-refractivity contribution is 5.89. The fourth-order valence-corrected chi connectivity index (χ4v) is 2.13. The van der Waals surface area contributed by atoms with Gasteiger partial charge in [-0.3, -0.25) is 9.59 Å². The van der Waals surface area contributed by atoms with Gasteiger partial charge >= 0.3 is 0 Å². The molecule has 0 bridgehead atoms. The Labute approximate surface area is 121 Å². The number of likely N-dealkylation sites (N-methyl/N-ethyl adjacent to an activating group) is 1. The number of carbonyl (C=O) groups is 2. The Kier molecular flexibility index (Phi) is 7.54. The van der Waals surface area contributed by atoms with Gasteiger partial charge in [-0.05, 0) is 20.5 Å². The van der Waals surface area contributed by atoms with Crippen molar-refractivity contribution in [1.82, 2.24) is 15.1 Å². The van der Waals surface area contributed by atoms with Crippen LogP contribution in [-0.2, 0) is 14.3 Å². The summed E-state index contributed by atoms with van der Waals surface area (Å²) < 4.78 is 5.52. The van der Waals surface area contributed by atoms with E-state index in [1.54, 1.807) is 4.90 Å². The van der Waals surface area contributed by atoms with Gasteiger partial charge in [0.25, 0.3) is 0 Å². The van der Waals surface area contributed by atoms with Crippen molar-refractivity contribution in [3.63, 3.8) is 0 Å². The van der Waals surface area contributed by atoms with Crippen LogP contribution in [0.1, 0.15) is 26.2 Å². The van der Waals surface area contributed by atoms with Crippen LogP contribution < -0.4 is 5.32 Å². The largest absolute Gasteiger partial charge is 0.378 e. The number of nitrogens with zero attached hydrogens (tertiary/aromatic N) is 2. The molecule has 1 rings (SSSR count). The second-order valence-corrected chi connectivity index (χ2v) is 5.40. The molecule has 1 aliphatic heterocycles. The maximum absolute atomic E-state index is 12.3. The molecule has 0 aromatic carbocycles. The molecule has 0 radical (unpaired) electrons. The first-order valence-corrected chi connectivity index (χ1v) is 7.35. The number of rotatable bonds is 8. The van der Waals surface area contributed by atoms with Crippen molar-refractivity contribution in [3.05, 3.63) is 0 Å². The molecule has 0 saturated carbocycles. The Balaban J connectivity index is 2.38. The first-order valence-electron chi connectivity index (χ1n) is 7.35. The van der Waals surface area contributed by atoms with Crippen LogP contribution in [0.4, 0.5) is 0 Å².